The molecule has 3 aromatic rings. The zero-order valence-corrected chi connectivity index (χ0v) is 16.9. The van der Waals surface area contributed by atoms with Crippen molar-refractivity contribution in [1.82, 2.24) is 20.4 Å². The summed E-state index contributed by atoms with van der Waals surface area (Å²) in [5.74, 6) is 1.12. The molecule has 2 aromatic heterocycles. The van der Waals surface area contributed by atoms with Crippen LogP contribution in [0.1, 0.15) is 31.2 Å². The van der Waals surface area contributed by atoms with Crippen LogP contribution in [0.3, 0.4) is 0 Å². The first-order chi connectivity index (χ1) is 15.2. The average Bonchev–Trinajstić information content (AvgIpc) is 3.46. The number of fused-ring (bicyclic) bond motifs is 2. The largest absolute Gasteiger partial charge is 0.423 e. The van der Waals surface area contributed by atoms with Gasteiger partial charge in [-0.05, 0) is 31.1 Å². The van der Waals surface area contributed by atoms with Crippen LogP contribution >= 0.6 is 0 Å². The van der Waals surface area contributed by atoms with E-state index in [0.717, 1.165) is 35.4 Å². The van der Waals surface area contributed by atoms with Crippen molar-refractivity contribution >= 4 is 40.6 Å². The summed E-state index contributed by atoms with van der Waals surface area (Å²) >= 11 is 0. The predicted molar refractivity (Wildman–Crippen MR) is 118 cm³/mol. The molecule has 31 heavy (non-hydrogen) atoms. The van der Waals surface area contributed by atoms with Gasteiger partial charge in [-0.25, -0.2) is 4.98 Å². The molecule has 10 heteroatoms. The lowest BCUT2D eigenvalue weighted by atomic mass is 10.1. The van der Waals surface area contributed by atoms with Crippen molar-refractivity contribution in [1.29, 1.82) is 5.26 Å². The van der Waals surface area contributed by atoms with Gasteiger partial charge in [0, 0.05) is 36.6 Å². The van der Waals surface area contributed by atoms with Gasteiger partial charge in [0.2, 0.25) is 5.95 Å². The van der Waals surface area contributed by atoms with Crippen LogP contribution in [0.15, 0.2) is 34.5 Å². The van der Waals surface area contributed by atoms with Gasteiger partial charge >= 0.3 is 6.01 Å². The predicted octanol–water partition coefficient (Wildman–Crippen LogP) is 2.86. The van der Waals surface area contributed by atoms with Crippen LogP contribution < -0.4 is 26.8 Å². The summed E-state index contributed by atoms with van der Waals surface area (Å²) in [6.45, 7) is 1.23. The Morgan fingerprint density at radius 2 is 2.16 bits per heavy atom. The first-order valence-electron chi connectivity index (χ1n) is 10.4. The Morgan fingerprint density at radius 1 is 1.29 bits per heavy atom. The summed E-state index contributed by atoms with van der Waals surface area (Å²) in [4.78, 5) is 13.5. The minimum absolute atomic E-state index is 0.294. The van der Waals surface area contributed by atoms with Crippen LogP contribution in [0.25, 0.3) is 17.2 Å². The molecule has 0 bridgehead atoms. The molecule has 0 amide bonds. The molecular weight excluding hydrogens is 394 g/mol. The van der Waals surface area contributed by atoms with Gasteiger partial charge in [-0.2, -0.15) is 15.2 Å². The minimum Gasteiger partial charge on any atom is -0.423 e. The molecule has 0 saturated heterocycles. The number of aromatic nitrogens is 3. The second-order valence-corrected chi connectivity index (χ2v) is 7.60. The fraction of sp³-hybridized carbons (Fsp3) is 0.333. The van der Waals surface area contributed by atoms with Crippen molar-refractivity contribution in [2.24, 2.45) is 5.73 Å². The van der Waals surface area contributed by atoms with Gasteiger partial charge in [-0.15, -0.1) is 0 Å². The maximum absolute atomic E-state index is 9.37. The molecule has 158 valence electrons. The van der Waals surface area contributed by atoms with E-state index in [4.69, 9.17) is 15.1 Å². The monoisotopic (exact) mass is 417 g/mol. The van der Waals surface area contributed by atoms with Crippen molar-refractivity contribution < 1.29 is 4.42 Å². The molecule has 5 rings (SSSR count). The molecule has 1 aromatic carbocycles. The third-order valence-corrected chi connectivity index (χ3v) is 5.46. The standard InChI is InChI=1S/C21H23N9O/c22-7-8-24-14-5-6-17-18(10-14)31-21(26-17)28-20-25-12-13-9-15(11-23)29-30(19(13)27-20)16-3-1-2-4-16/h5-6,9-10,12,16,24,29H,1-4,7-8,22H2,(H,25,26,27,28). The van der Waals surface area contributed by atoms with Crippen LogP contribution in [0.5, 0.6) is 0 Å². The van der Waals surface area contributed by atoms with Gasteiger partial charge in [0.1, 0.15) is 17.3 Å². The molecule has 1 saturated carbocycles. The highest BCUT2D eigenvalue weighted by Crippen LogP contribution is 2.32. The Morgan fingerprint density at radius 3 is 2.97 bits per heavy atom. The van der Waals surface area contributed by atoms with Gasteiger partial charge in [0.15, 0.2) is 11.4 Å². The number of rotatable bonds is 6. The number of anilines is 4. The van der Waals surface area contributed by atoms with Gasteiger partial charge in [0.25, 0.3) is 0 Å². The highest BCUT2D eigenvalue weighted by Gasteiger charge is 2.29. The molecule has 10 nitrogen and oxygen atoms in total. The first kappa shape index (κ1) is 19.1. The number of nitrogens with one attached hydrogen (secondary N) is 3. The Kier molecular flexibility index (Phi) is 5.01. The van der Waals surface area contributed by atoms with Crippen LogP contribution in [0, 0.1) is 11.3 Å². The van der Waals surface area contributed by atoms with E-state index in [1.807, 2.05) is 23.2 Å². The second kappa shape index (κ2) is 8.12. The maximum atomic E-state index is 9.37. The van der Waals surface area contributed by atoms with Gasteiger partial charge in [-0.1, -0.05) is 12.8 Å². The third-order valence-electron chi connectivity index (χ3n) is 5.46. The maximum Gasteiger partial charge on any atom is 0.302 e. The van der Waals surface area contributed by atoms with Crippen LogP contribution in [0.4, 0.5) is 23.5 Å². The summed E-state index contributed by atoms with van der Waals surface area (Å²) in [5.41, 5.74) is 12.3. The molecule has 1 aliphatic heterocycles. The molecule has 3 heterocycles. The van der Waals surface area contributed by atoms with Crippen molar-refractivity contribution in [3.63, 3.8) is 0 Å². The molecule has 0 spiro atoms. The molecule has 1 fully saturated rings. The zero-order valence-electron chi connectivity index (χ0n) is 16.9. The topological polar surface area (TPSA) is 141 Å². The van der Waals surface area contributed by atoms with E-state index in [-0.39, 0.29) is 0 Å². The minimum atomic E-state index is 0.294. The molecule has 1 aliphatic carbocycles. The van der Waals surface area contributed by atoms with Crippen molar-refractivity contribution in [2.45, 2.75) is 31.7 Å². The van der Waals surface area contributed by atoms with Crippen LogP contribution in [-0.4, -0.2) is 34.1 Å². The van der Waals surface area contributed by atoms with E-state index >= 15 is 0 Å². The fourth-order valence-corrected chi connectivity index (χ4v) is 3.99. The highest BCUT2D eigenvalue weighted by atomic mass is 16.4. The SMILES string of the molecule is N#CC1=Cc2cnc(Nc3nc4ccc(NCCN)cc4o3)nc2N(C2CCCC2)N1. The zero-order chi connectivity index (χ0) is 21.2. The smallest absolute Gasteiger partial charge is 0.302 e. The van der Waals surface area contributed by atoms with Crippen molar-refractivity contribution in [3.05, 3.63) is 35.7 Å². The number of benzene rings is 1. The Bertz CT molecular complexity index is 1170. The number of hydrogen-bond acceptors (Lipinski definition) is 10. The lowest BCUT2D eigenvalue weighted by Crippen LogP contribution is -2.46. The number of nitrogens with zero attached hydrogens (tertiary/aromatic N) is 5. The number of nitriles is 1. The van der Waals surface area contributed by atoms with Crippen molar-refractivity contribution in [3.8, 4) is 6.07 Å². The second-order valence-electron chi connectivity index (χ2n) is 7.60. The Labute approximate surface area is 179 Å². The number of nitrogens with two attached hydrogens (primary N) is 1. The van der Waals surface area contributed by atoms with E-state index in [1.54, 1.807) is 12.3 Å². The van der Waals surface area contributed by atoms with Gasteiger partial charge in [0.05, 0.1) is 6.04 Å². The summed E-state index contributed by atoms with van der Waals surface area (Å²) < 4.78 is 5.84. The van der Waals surface area contributed by atoms with E-state index in [2.05, 4.69) is 32.1 Å². The number of oxazole rings is 1. The molecule has 0 radical (unpaired) electrons. The molecule has 2 aliphatic rings. The molecular formula is C21H23N9O. The van der Waals surface area contributed by atoms with Crippen LogP contribution in [-0.2, 0) is 0 Å². The fourth-order valence-electron chi connectivity index (χ4n) is 3.99. The first-order valence-corrected chi connectivity index (χ1v) is 10.4. The van der Waals surface area contributed by atoms with Gasteiger partial charge < -0.3 is 15.5 Å². The van der Waals surface area contributed by atoms with Gasteiger partial charge in [-0.3, -0.25) is 15.8 Å². The summed E-state index contributed by atoms with van der Waals surface area (Å²) in [6.07, 6.45) is 7.94. The summed E-state index contributed by atoms with van der Waals surface area (Å²) in [7, 11) is 0. The molecule has 0 atom stereocenters. The average molecular weight is 417 g/mol. The number of hydrazine groups is 1. The lowest BCUT2D eigenvalue weighted by molar-refractivity contribution is 0.553. The quantitative estimate of drug-likeness (QED) is 0.473. The van der Waals surface area contributed by atoms with E-state index < -0.39 is 0 Å². The van der Waals surface area contributed by atoms with E-state index in [0.29, 0.717) is 42.4 Å². The summed E-state index contributed by atoms with van der Waals surface area (Å²) in [6, 6.07) is 8.50. The summed E-state index contributed by atoms with van der Waals surface area (Å²) in [5, 5.41) is 17.6. The number of allylic oxidation sites excluding steroid dienone is 1. The van der Waals surface area contributed by atoms with E-state index in [1.165, 1.54) is 12.8 Å². The van der Waals surface area contributed by atoms with Crippen molar-refractivity contribution in [2.75, 3.05) is 28.7 Å². The molecule has 5 N–H and O–H groups in total. The number of hydrogen-bond donors (Lipinski definition) is 4. The third kappa shape index (κ3) is 3.83. The van der Waals surface area contributed by atoms with Crippen LogP contribution in [0.2, 0.25) is 0 Å². The highest BCUT2D eigenvalue weighted by molar-refractivity contribution is 5.79. The Balaban J connectivity index is 1.42. The normalized spacial score (nSPS) is 15.9. The lowest BCUT2D eigenvalue weighted by Gasteiger charge is -2.34. The Hall–Kier alpha value is -3.84. The molecule has 0 unspecified atom stereocenters. The van der Waals surface area contributed by atoms with E-state index in [9.17, 15) is 5.26 Å².